The Labute approximate surface area is 124 Å². The number of nitrogens with two attached hydrogens (primary N) is 1. The first-order valence-electron chi connectivity index (χ1n) is 5.70. The number of halogens is 1. The molecule has 0 saturated carbocycles. The van der Waals surface area contributed by atoms with Crippen LogP contribution in [0.5, 0.6) is 0 Å². The fourth-order valence-corrected chi connectivity index (χ4v) is 3.11. The molecule has 0 aliphatic heterocycles. The molecular weight excluding hydrogens is 326 g/mol. The summed E-state index contributed by atoms with van der Waals surface area (Å²) < 4.78 is 1.06. The topological polar surface area (TPSA) is 67.2 Å². The van der Waals surface area contributed by atoms with Gasteiger partial charge in [0.05, 0.1) is 16.0 Å². The highest BCUT2D eigenvalue weighted by molar-refractivity contribution is 9.11. The second kappa shape index (κ2) is 6.18. The molecule has 0 unspecified atom stereocenters. The van der Waals surface area contributed by atoms with Crippen molar-refractivity contribution in [3.63, 3.8) is 0 Å². The van der Waals surface area contributed by atoms with Crippen molar-refractivity contribution < 1.29 is 4.79 Å². The quantitative estimate of drug-likeness (QED) is 0.592. The molecule has 2 rings (SSSR count). The molecule has 1 aromatic heterocycles. The summed E-state index contributed by atoms with van der Waals surface area (Å²) in [6.07, 6.45) is 0. The van der Waals surface area contributed by atoms with Gasteiger partial charge in [0.2, 0.25) is 0 Å². The third-order valence-corrected chi connectivity index (χ3v) is 4.32. The number of nitrogens with one attached hydrogen (secondary N) is 2. The molecule has 0 radical (unpaired) electrons. The molecule has 0 bridgehead atoms. The maximum Gasteiger partial charge on any atom is 0.251 e. The van der Waals surface area contributed by atoms with Gasteiger partial charge in [-0.2, -0.15) is 0 Å². The van der Waals surface area contributed by atoms with Crippen LogP contribution in [0.2, 0.25) is 0 Å². The summed E-state index contributed by atoms with van der Waals surface area (Å²) in [6, 6.07) is 9.32. The Morgan fingerprint density at radius 2 is 2.16 bits per heavy atom. The zero-order valence-corrected chi connectivity index (χ0v) is 12.8. The van der Waals surface area contributed by atoms with Gasteiger partial charge in [-0.15, -0.1) is 11.3 Å². The van der Waals surface area contributed by atoms with Crippen LogP contribution in [0.25, 0.3) is 0 Å². The van der Waals surface area contributed by atoms with Crippen molar-refractivity contribution in [1.29, 1.82) is 0 Å². The SMILES string of the molecule is Cc1cc(C(=O)NCc2ccc(Br)s2)ccc1NN. The summed E-state index contributed by atoms with van der Waals surface area (Å²) in [4.78, 5) is 13.1. The number of benzene rings is 1. The van der Waals surface area contributed by atoms with E-state index in [1.54, 1.807) is 23.5 Å². The number of carbonyl (C=O) groups is 1. The summed E-state index contributed by atoms with van der Waals surface area (Å²) >= 11 is 5.01. The van der Waals surface area contributed by atoms with Crippen molar-refractivity contribution in [2.75, 3.05) is 5.43 Å². The molecule has 4 nitrogen and oxygen atoms in total. The van der Waals surface area contributed by atoms with Crippen LogP contribution in [-0.4, -0.2) is 5.91 Å². The molecule has 0 atom stereocenters. The van der Waals surface area contributed by atoms with E-state index in [0.29, 0.717) is 12.1 Å². The summed E-state index contributed by atoms with van der Waals surface area (Å²) in [5.41, 5.74) is 4.98. The van der Waals surface area contributed by atoms with Crippen molar-refractivity contribution in [3.05, 3.63) is 50.1 Å². The number of rotatable bonds is 4. The summed E-state index contributed by atoms with van der Waals surface area (Å²) in [5.74, 6) is 5.27. The van der Waals surface area contributed by atoms with Crippen molar-refractivity contribution in [2.45, 2.75) is 13.5 Å². The summed E-state index contributed by atoms with van der Waals surface area (Å²) in [5, 5.41) is 2.89. The Balaban J connectivity index is 2.01. The van der Waals surface area contributed by atoms with Gasteiger partial charge >= 0.3 is 0 Å². The molecule has 0 aliphatic carbocycles. The molecule has 2 aromatic rings. The van der Waals surface area contributed by atoms with Gasteiger partial charge in [0.15, 0.2) is 0 Å². The van der Waals surface area contributed by atoms with Crippen molar-refractivity contribution in [1.82, 2.24) is 5.32 Å². The Bertz CT molecular complexity index is 597. The average Bonchev–Trinajstić information content (AvgIpc) is 2.81. The second-order valence-electron chi connectivity index (χ2n) is 4.06. The van der Waals surface area contributed by atoms with E-state index in [9.17, 15) is 4.79 Å². The molecule has 0 spiro atoms. The highest BCUT2D eigenvalue weighted by Crippen LogP contribution is 2.22. The Kier molecular flexibility index (Phi) is 4.57. The third kappa shape index (κ3) is 3.56. The van der Waals surface area contributed by atoms with E-state index in [2.05, 4.69) is 26.7 Å². The monoisotopic (exact) mass is 339 g/mol. The van der Waals surface area contributed by atoms with E-state index in [4.69, 9.17) is 5.84 Å². The van der Waals surface area contributed by atoms with Crippen LogP contribution in [0.15, 0.2) is 34.1 Å². The lowest BCUT2D eigenvalue weighted by Gasteiger charge is -2.08. The minimum Gasteiger partial charge on any atom is -0.347 e. The largest absolute Gasteiger partial charge is 0.347 e. The van der Waals surface area contributed by atoms with E-state index in [-0.39, 0.29) is 5.91 Å². The van der Waals surface area contributed by atoms with Crippen molar-refractivity contribution in [2.24, 2.45) is 5.84 Å². The predicted molar refractivity (Wildman–Crippen MR) is 82.2 cm³/mol. The van der Waals surface area contributed by atoms with Gasteiger partial charge in [0.25, 0.3) is 5.91 Å². The van der Waals surface area contributed by atoms with Crippen LogP contribution in [0.3, 0.4) is 0 Å². The maximum absolute atomic E-state index is 12.0. The molecule has 100 valence electrons. The fourth-order valence-electron chi connectivity index (χ4n) is 1.68. The van der Waals surface area contributed by atoms with Gasteiger partial charge in [-0.1, -0.05) is 0 Å². The van der Waals surface area contributed by atoms with Crippen LogP contribution in [0.4, 0.5) is 5.69 Å². The van der Waals surface area contributed by atoms with Gasteiger partial charge < -0.3 is 10.7 Å². The number of hydrogen-bond acceptors (Lipinski definition) is 4. The smallest absolute Gasteiger partial charge is 0.251 e. The number of hydrogen-bond donors (Lipinski definition) is 3. The zero-order chi connectivity index (χ0) is 13.8. The first-order chi connectivity index (χ1) is 9.10. The number of hydrazine groups is 1. The predicted octanol–water partition coefficient (Wildman–Crippen LogP) is 3.03. The molecule has 0 saturated heterocycles. The minimum absolute atomic E-state index is 0.0869. The first-order valence-corrected chi connectivity index (χ1v) is 7.31. The molecule has 4 N–H and O–H groups in total. The van der Waals surface area contributed by atoms with Crippen molar-refractivity contribution in [3.8, 4) is 0 Å². The Morgan fingerprint density at radius 3 is 2.74 bits per heavy atom. The highest BCUT2D eigenvalue weighted by atomic mass is 79.9. The molecule has 19 heavy (non-hydrogen) atoms. The Hall–Kier alpha value is -1.37. The van der Waals surface area contributed by atoms with E-state index in [0.717, 1.165) is 19.9 Å². The van der Waals surface area contributed by atoms with Crippen LogP contribution >= 0.6 is 27.3 Å². The molecule has 1 aromatic carbocycles. The fraction of sp³-hybridized carbons (Fsp3) is 0.154. The lowest BCUT2D eigenvalue weighted by molar-refractivity contribution is 0.0951. The second-order valence-corrected chi connectivity index (χ2v) is 6.61. The molecule has 0 aliphatic rings. The number of amides is 1. The molecule has 1 amide bonds. The van der Waals surface area contributed by atoms with E-state index in [1.807, 2.05) is 25.1 Å². The normalized spacial score (nSPS) is 10.3. The summed E-state index contributed by atoms with van der Waals surface area (Å²) in [7, 11) is 0. The average molecular weight is 340 g/mol. The van der Waals surface area contributed by atoms with Gasteiger partial charge in [0.1, 0.15) is 0 Å². The highest BCUT2D eigenvalue weighted by Gasteiger charge is 2.07. The van der Waals surface area contributed by atoms with Crippen LogP contribution in [0, 0.1) is 6.92 Å². The van der Waals surface area contributed by atoms with Crippen LogP contribution in [0.1, 0.15) is 20.8 Å². The van der Waals surface area contributed by atoms with Gasteiger partial charge in [-0.05, 0) is 58.7 Å². The molecule has 6 heteroatoms. The standard InChI is InChI=1S/C13H14BrN3OS/c1-8-6-9(2-4-11(8)17-15)13(18)16-7-10-3-5-12(14)19-10/h2-6,17H,7,15H2,1H3,(H,16,18). The number of carbonyl (C=O) groups excluding carboxylic acids is 1. The lowest BCUT2D eigenvalue weighted by Crippen LogP contribution is -2.22. The van der Waals surface area contributed by atoms with Gasteiger partial charge in [-0.3, -0.25) is 10.6 Å². The minimum atomic E-state index is -0.0869. The van der Waals surface area contributed by atoms with Crippen LogP contribution < -0.4 is 16.6 Å². The molecular formula is C13H14BrN3OS. The number of aryl methyl sites for hydroxylation is 1. The number of thiophene rings is 1. The van der Waals surface area contributed by atoms with Gasteiger partial charge in [0, 0.05) is 10.4 Å². The van der Waals surface area contributed by atoms with Crippen molar-refractivity contribution >= 4 is 38.9 Å². The summed E-state index contributed by atoms with van der Waals surface area (Å²) in [6.45, 7) is 2.44. The maximum atomic E-state index is 12.0. The zero-order valence-electron chi connectivity index (χ0n) is 10.4. The van der Waals surface area contributed by atoms with Crippen LogP contribution in [-0.2, 0) is 6.54 Å². The van der Waals surface area contributed by atoms with E-state index < -0.39 is 0 Å². The molecule has 0 fully saturated rings. The third-order valence-electron chi connectivity index (χ3n) is 2.70. The molecule has 1 heterocycles. The van der Waals surface area contributed by atoms with Gasteiger partial charge in [-0.25, -0.2) is 0 Å². The number of nitrogen functional groups attached to an aromatic ring is 1. The number of anilines is 1. The lowest BCUT2D eigenvalue weighted by atomic mass is 10.1. The van der Waals surface area contributed by atoms with E-state index in [1.165, 1.54) is 0 Å². The van der Waals surface area contributed by atoms with E-state index >= 15 is 0 Å². The Morgan fingerprint density at radius 1 is 1.37 bits per heavy atom. The first kappa shape index (κ1) is 14.0.